The van der Waals surface area contributed by atoms with Gasteiger partial charge >= 0.3 is 12.3 Å². The number of nitrogens with zero attached hydrogens (tertiary/aromatic N) is 2. The molecule has 2 aromatic carbocycles. The molecule has 1 aliphatic heterocycles. The second kappa shape index (κ2) is 8.80. The van der Waals surface area contributed by atoms with Crippen molar-refractivity contribution in [1.82, 2.24) is 4.90 Å². The van der Waals surface area contributed by atoms with Crippen LogP contribution in [0.1, 0.15) is 33.3 Å². The molecular weight excluding hydrogens is 423 g/mol. The minimum absolute atomic E-state index is 0.00402. The van der Waals surface area contributed by atoms with Gasteiger partial charge in [0.15, 0.2) is 0 Å². The summed E-state index contributed by atoms with van der Waals surface area (Å²) in [4.78, 5) is 15.6. The van der Waals surface area contributed by atoms with Crippen LogP contribution >= 0.6 is 0 Å². The van der Waals surface area contributed by atoms with Crippen LogP contribution in [0.2, 0.25) is 0 Å². The number of hydrogen-bond acceptors (Lipinski definition) is 5. The molecule has 1 atom stereocenters. The Labute approximate surface area is 185 Å². The van der Waals surface area contributed by atoms with Gasteiger partial charge in [-0.25, -0.2) is 4.79 Å². The highest BCUT2D eigenvalue weighted by Crippen LogP contribution is 2.47. The lowest BCUT2D eigenvalue weighted by Gasteiger charge is -2.42. The van der Waals surface area contributed by atoms with Gasteiger partial charge in [-0.05, 0) is 52.0 Å². The van der Waals surface area contributed by atoms with Crippen LogP contribution in [-0.2, 0) is 10.9 Å². The van der Waals surface area contributed by atoms with E-state index >= 15 is 0 Å². The third kappa shape index (κ3) is 5.38. The molecule has 0 radical (unpaired) electrons. The molecule has 0 aromatic heterocycles. The fourth-order valence-electron chi connectivity index (χ4n) is 3.66. The molecule has 2 N–H and O–H groups in total. The van der Waals surface area contributed by atoms with Crippen LogP contribution in [0.3, 0.4) is 0 Å². The SMILES string of the molecule is C[C@H]1CN(c2c(N)ccc(Oc3ccccc3)c2C(F)(F)F)CCN1C(=O)OC(C)(C)C. The number of ether oxygens (including phenoxy) is 2. The van der Waals surface area contributed by atoms with E-state index in [4.69, 9.17) is 15.2 Å². The summed E-state index contributed by atoms with van der Waals surface area (Å²) in [6.45, 7) is 7.61. The molecule has 1 heterocycles. The van der Waals surface area contributed by atoms with Crippen molar-refractivity contribution >= 4 is 17.5 Å². The Morgan fingerprint density at radius 1 is 1.06 bits per heavy atom. The zero-order valence-corrected chi connectivity index (χ0v) is 18.6. The maximum Gasteiger partial charge on any atom is 0.422 e. The molecule has 9 heteroatoms. The van der Waals surface area contributed by atoms with Gasteiger partial charge in [-0.3, -0.25) is 0 Å². The Morgan fingerprint density at radius 2 is 1.72 bits per heavy atom. The van der Waals surface area contributed by atoms with Crippen LogP contribution < -0.4 is 15.4 Å². The van der Waals surface area contributed by atoms with E-state index in [0.29, 0.717) is 0 Å². The number of anilines is 2. The summed E-state index contributed by atoms with van der Waals surface area (Å²) in [6, 6.07) is 10.5. The first kappa shape index (κ1) is 23.6. The molecular formula is C23H28F3N3O3. The summed E-state index contributed by atoms with van der Waals surface area (Å²) in [5.41, 5.74) is 4.30. The predicted octanol–water partition coefficient (Wildman–Crippen LogP) is 5.53. The maximum atomic E-state index is 14.2. The number of carbonyl (C=O) groups excluding carboxylic acids is 1. The average molecular weight is 451 g/mol. The van der Waals surface area contributed by atoms with Crippen molar-refractivity contribution in [2.75, 3.05) is 30.3 Å². The van der Waals surface area contributed by atoms with Crippen molar-refractivity contribution in [3.8, 4) is 11.5 Å². The van der Waals surface area contributed by atoms with E-state index in [1.807, 2.05) is 0 Å². The predicted molar refractivity (Wildman–Crippen MR) is 117 cm³/mol. The molecule has 1 saturated heterocycles. The Bertz CT molecular complexity index is 959. The van der Waals surface area contributed by atoms with E-state index in [2.05, 4.69) is 0 Å². The zero-order chi connectivity index (χ0) is 23.7. The first-order valence-electron chi connectivity index (χ1n) is 10.3. The highest BCUT2D eigenvalue weighted by atomic mass is 19.4. The molecule has 2 aromatic rings. The van der Waals surface area contributed by atoms with Crippen molar-refractivity contribution in [1.29, 1.82) is 0 Å². The number of piperazine rings is 1. The first-order chi connectivity index (χ1) is 14.9. The van der Waals surface area contributed by atoms with Crippen molar-refractivity contribution < 1.29 is 27.4 Å². The number of carbonyl (C=O) groups is 1. The van der Waals surface area contributed by atoms with Crippen molar-refractivity contribution in [3.63, 3.8) is 0 Å². The fraction of sp³-hybridized carbons (Fsp3) is 0.435. The molecule has 32 heavy (non-hydrogen) atoms. The van der Waals surface area contributed by atoms with Gasteiger partial charge in [-0.15, -0.1) is 0 Å². The fourth-order valence-corrected chi connectivity index (χ4v) is 3.66. The quantitative estimate of drug-likeness (QED) is 0.622. The van der Waals surface area contributed by atoms with Gasteiger partial charge in [0.1, 0.15) is 22.7 Å². The third-order valence-electron chi connectivity index (χ3n) is 5.00. The van der Waals surface area contributed by atoms with E-state index in [9.17, 15) is 18.0 Å². The van der Waals surface area contributed by atoms with Crippen LogP contribution in [-0.4, -0.2) is 42.3 Å². The number of hydrogen-bond donors (Lipinski definition) is 1. The summed E-state index contributed by atoms with van der Waals surface area (Å²) in [6.07, 6.45) is -5.18. The highest BCUT2D eigenvalue weighted by Gasteiger charge is 2.41. The van der Waals surface area contributed by atoms with Gasteiger partial charge < -0.3 is 25.0 Å². The molecule has 1 aliphatic rings. The largest absolute Gasteiger partial charge is 0.457 e. The Balaban J connectivity index is 1.92. The van der Waals surface area contributed by atoms with Crippen LogP contribution in [0.5, 0.6) is 11.5 Å². The number of halogens is 3. The van der Waals surface area contributed by atoms with Crippen LogP contribution in [0.4, 0.5) is 29.3 Å². The van der Waals surface area contributed by atoms with Gasteiger partial charge in [0.2, 0.25) is 0 Å². The number of rotatable bonds is 3. The molecule has 6 nitrogen and oxygen atoms in total. The number of alkyl halides is 3. The normalized spacial score (nSPS) is 17.3. The molecule has 0 aliphatic carbocycles. The summed E-state index contributed by atoms with van der Waals surface area (Å²) >= 11 is 0. The van der Waals surface area contributed by atoms with Crippen LogP contribution in [0.15, 0.2) is 42.5 Å². The van der Waals surface area contributed by atoms with Crippen molar-refractivity contribution in [3.05, 3.63) is 48.0 Å². The number of nitrogens with two attached hydrogens (primary N) is 1. The maximum absolute atomic E-state index is 14.2. The van der Waals surface area contributed by atoms with Gasteiger partial charge in [-0.2, -0.15) is 13.2 Å². The number of benzene rings is 2. The minimum atomic E-state index is -4.69. The molecule has 0 saturated carbocycles. The van der Waals surface area contributed by atoms with Gasteiger partial charge in [0.25, 0.3) is 0 Å². The lowest BCUT2D eigenvalue weighted by molar-refractivity contribution is -0.138. The Morgan fingerprint density at radius 3 is 2.28 bits per heavy atom. The Kier molecular flexibility index (Phi) is 6.48. The molecule has 1 fully saturated rings. The lowest BCUT2D eigenvalue weighted by atomic mass is 10.1. The standard InChI is InChI=1S/C23H28F3N3O3/c1-15-14-28(12-13-29(15)21(30)32-22(2,3)4)20-17(27)10-11-18(19(20)23(24,25)26)31-16-8-6-5-7-9-16/h5-11,15H,12-14,27H2,1-4H3/t15-/m0/s1. The van der Waals surface area contributed by atoms with E-state index in [-0.39, 0.29) is 48.5 Å². The Hall–Kier alpha value is -3.10. The van der Waals surface area contributed by atoms with Gasteiger partial charge in [-0.1, -0.05) is 18.2 Å². The van der Waals surface area contributed by atoms with Gasteiger partial charge in [0.05, 0.1) is 11.4 Å². The monoisotopic (exact) mass is 451 g/mol. The van der Waals surface area contributed by atoms with Crippen LogP contribution in [0.25, 0.3) is 0 Å². The van der Waals surface area contributed by atoms with Crippen molar-refractivity contribution in [2.45, 2.75) is 45.5 Å². The van der Waals surface area contributed by atoms with E-state index < -0.39 is 23.4 Å². The third-order valence-corrected chi connectivity index (χ3v) is 5.00. The molecule has 0 spiro atoms. The molecule has 174 valence electrons. The number of para-hydroxylation sites is 1. The lowest BCUT2D eigenvalue weighted by Crippen LogP contribution is -2.55. The van der Waals surface area contributed by atoms with E-state index in [1.54, 1.807) is 62.9 Å². The first-order valence-corrected chi connectivity index (χ1v) is 10.3. The smallest absolute Gasteiger partial charge is 0.422 e. The summed E-state index contributed by atoms with van der Waals surface area (Å²) in [5.74, 6) is -0.0352. The molecule has 0 bridgehead atoms. The summed E-state index contributed by atoms with van der Waals surface area (Å²) in [5, 5.41) is 0. The number of amides is 1. The van der Waals surface area contributed by atoms with E-state index in [0.717, 1.165) is 0 Å². The summed E-state index contributed by atoms with van der Waals surface area (Å²) in [7, 11) is 0. The van der Waals surface area contributed by atoms with Gasteiger partial charge in [0, 0.05) is 25.7 Å². The topological polar surface area (TPSA) is 68.0 Å². The molecule has 1 amide bonds. The minimum Gasteiger partial charge on any atom is -0.457 e. The second-order valence-corrected chi connectivity index (χ2v) is 8.76. The number of nitrogen functional groups attached to an aromatic ring is 1. The van der Waals surface area contributed by atoms with Crippen LogP contribution in [0, 0.1) is 0 Å². The average Bonchev–Trinajstić information content (AvgIpc) is 2.67. The second-order valence-electron chi connectivity index (χ2n) is 8.76. The van der Waals surface area contributed by atoms with E-state index in [1.165, 1.54) is 17.0 Å². The highest BCUT2D eigenvalue weighted by molar-refractivity contribution is 5.77. The zero-order valence-electron chi connectivity index (χ0n) is 18.6. The van der Waals surface area contributed by atoms with Crippen molar-refractivity contribution in [2.24, 2.45) is 0 Å². The summed E-state index contributed by atoms with van der Waals surface area (Å²) < 4.78 is 53.6. The molecule has 0 unspecified atom stereocenters. The molecule has 3 rings (SSSR count).